The molecule has 0 bridgehead atoms. The van der Waals surface area contributed by atoms with E-state index in [1.807, 2.05) is 0 Å². The molecule has 1 aromatic heterocycles. The standard InChI is InChI=1S/C22H18F6N2O2/c1-14-9-20(19(23)11-15-5-7-18(8-6-15)32-22(26,27)28)29-30(14)12-16-3-2-4-17(10-16)21(24,25)13-31/h2-11,31H,12-13H2,1H3. The lowest BCUT2D eigenvalue weighted by molar-refractivity contribution is -0.274. The maximum Gasteiger partial charge on any atom is 0.573 e. The Morgan fingerprint density at radius 2 is 1.75 bits per heavy atom. The molecule has 0 fully saturated rings. The van der Waals surface area contributed by atoms with Crippen molar-refractivity contribution >= 4 is 11.9 Å². The van der Waals surface area contributed by atoms with Gasteiger partial charge in [0.05, 0.1) is 6.54 Å². The number of hydrogen-bond donors (Lipinski definition) is 1. The highest BCUT2D eigenvalue weighted by Crippen LogP contribution is 2.28. The van der Waals surface area contributed by atoms with Gasteiger partial charge in [0.1, 0.15) is 18.1 Å². The molecular formula is C22H18F6N2O2. The third-order valence-corrected chi connectivity index (χ3v) is 4.51. The number of benzene rings is 2. The van der Waals surface area contributed by atoms with Crippen molar-refractivity contribution in [3.8, 4) is 5.75 Å². The zero-order valence-electron chi connectivity index (χ0n) is 16.7. The Kier molecular flexibility index (Phi) is 6.63. The van der Waals surface area contributed by atoms with Crippen LogP contribution in [-0.2, 0) is 12.5 Å². The van der Waals surface area contributed by atoms with Crippen molar-refractivity contribution in [1.29, 1.82) is 0 Å². The second-order valence-electron chi connectivity index (χ2n) is 7.00. The summed E-state index contributed by atoms with van der Waals surface area (Å²) in [5.74, 6) is -4.53. The lowest BCUT2D eigenvalue weighted by Crippen LogP contribution is -2.18. The summed E-state index contributed by atoms with van der Waals surface area (Å²) in [5, 5.41) is 13.0. The van der Waals surface area contributed by atoms with Crippen molar-refractivity contribution in [3.63, 3.8) is 0 Å². The van der Waals surface area contributed by atoms with Crippen LogP contribution in [0.4, 0.5) is 26.3 Å². The molecule has 170 valence electrons. The van der Waals surface area contributed by atoms with Crippen molar-refractivity contribution in [2.75, 3.05) is 6.61 Å². The van der Waals surface area contributed by atoms with Gasteiger partial charge >= 0.3 is 6.36 Å². The molecule has 0 aliphatic carbocycles. The number of aryl methyl sites for hydroxylation is 1. The van der Waals surface area contributed by atoms with Gasteiger partial charge in [-0.15, -0.1) is 13.2 Å². The Balaban J connectivity index is 1.77. The highest BCUT2D eigenvalue weighted by Gasteiger charge is 2.31. The zero-order valence-corrected chi connectivity index (χ0v) is 16.7. The van der Waals surface area contributed by atoms with Crippen LogP contribution in [0, 0.1) is 6.92 Å². The average Bonchev–Trinajstić information content (AvgIpc) is 3.09. The largest absolute Gasteiger partial charge is 0.573 e. The first-order chi connectivity index (χ1) is 15.0. The summed E-state index contributed by atoms with van der Waals surface area (Å²) in [4.78, 5) is 0. The van der Waals surface area contributed by atoms with Gasteiger partial charge in [-0.05, 0) is 48.4 Å². The minimum Gasteiger partial charge on any atom is -0.406 e. The van der Waals surface area contributed by atoms with Crippen molar-refractivity contribution in [2.24, 2.45) is 0 Å². The van der Waals surface area contributed by atoms with E-state index in [0.717, 1.165) is 18.2 Å². The molecule has 1 N–H and O–H groups in total. The predicted molar refractivity (Wildman–Crippen MR) is 106 cm³/mol. The summed E-state index contributed by atoms with van der Waals surface area (Å²) in [6.45, 7) is 0.442. The molecule has 0 spiro atoms. The van der Waals surface area contributed by atoms with E-state index in [4.69, 9.17) is 5.11 Å². The number of aliphatic hydroxyl groups excluding tert-OH is 1. The van der Waals surface area contributed by atoms with Crippen molar-refractivity contribution in [1.82, 2.24) is 9.78 Å². The van der Waals surface area contributed by atoms with E-state index < -0.39 is 30.5 Å². The molecule has 1 heterocycles. The topological polar surface area (TPSA) is 47.3 Å². The van der Waals surface area contributed by atoms with E-state index in [-0.39, 0.29) is 17.8 Å². The van der Waals surface area contributed by atoms with E-state index in [0.29, 0.717) is 16.8 Å². The number of aromatic nitrogens is 2. The van der Waals surface area contributed by atoms with Crippen LogP contribution < -0.4 is 4.74 Å². The summed E-state index contributed by atoms with van der Waals surface area (Å²) in [6, 6.07) is 11.6. The molecule has 0 aliphatic rings. The third kappa shape index (κ3) is 5.91. The lowest BCUT2D eigenvalue weighted by atomic mass is 10.1. The first-order valence-corrected chi connectivity index (χ1v) is 9.33. The number of alkyl halides is 5. The highest BCUT2D eigenvalue weighted by atomic mass is 19.4. The number of nitrogens with zero attached hydrogens (tertiary/aromatic N) is 2. The second-order valence-corrected chi connectivity index (χ2v) is 7.00. The minimum atomic E-state index is -4.82. The van der Waals surface area contributed by atoms with Gasteiger partial charge in [0, 0.05) is 11.3 Å². The fraction of sp³-hybridized carbons (Fsp3) is 0.227. The van der Waals surface area contributed by atoms with Crippen LogP contribution in [0.3, 0.4) is 0 Å². The fourth-order valence-corrected chi connectivity index (χ4v) is 2.93. The molecule has 10 heteroatoms. The number of rotatable bonds is 7. The van der Waals surface area contributed by atoms with E-state index in [2.05, 4.69) is 9.84 Å². The van der Waals surface area contributed by atoms with E-state index >= 15 is 0 Å². The Labute approximate surface area is 179 Å². The van der Waals surface area contributed by atoms with Crippen LogP contribution in [-0.4, -0.2) is 27.9 Å². The maximum atomic E-state index is 14.6. The summed E-state index contributed by atoms with van der Waals surface area (Å²) in [5.41, 5.74) is 0.986. The quantitative estimate of drug-likeness (QED) is 0.465. The smallest absolute Gasteiger partial charge is 0.406 e. The maximum absolute atomic E-state index is 14.6. The van der Waals surface area contributed by atoms with Gasteiger partial charge in [-0.2, -0.15) is 13.9 Å². The van der Waals surface area contributed by atoms with Gasteiger partial charge in [0.2, 0.25) is 0 Å². The third-order valence-electron chi connectivity index (χ3n) is 4.51. The molecule has 4 nitrogen and oxygen atoms in total. The normalized spacial score (nSPS) is 12.8. The summed E-state index contributed by atoms with van der Waals surface area (Å²) < 4.78 is 83.9. The molecule has 0 aliphatic heterocycles. The molecule has 0 atom stereocenters. The summed E-state index contributed by atoms with van der Waals surface area (Å²) in [6.07, 6.45) is -3.72. The van der Waals surface area contributed by atoms with Crippen molar-refractivity contribution in [2.45, 2.75) is 25.8 Å². The molecule has 3 aromatic rings. The number of halogens is 6. The van der Waals surface area contributed by atoms with Crippen LogP contribution in [0.1, 0.15) is 28.1 Å². The number of aliphatic hydroxyl groups is 1. The Bertz CT molecular complexity index is 1100. The highest BCUT2D eigenvalue weighted by molar-refractivity contribution is 5.75. The van der Waals surface area contributed by atoms with Crippen LogP contribution in [0.15, 0.2) is 54.6 Å². The molecule has 3 rings (SSSR count). The van der Waals surface area contributed by atoms with Crippen LogP contribution in [0.25, 0.3) is 11.9 Å². The van der Waals surface area contributed by atoms with Crippen molar-refractivity contribution < 1.29 is 36.2 Å². The fourth-order valence-electron chi connectivity index (χ4n) is 2.93. The second kappa shape index (κ2) is 9.07. The SMILES string of the molecule is Cc1cc(C(F)=Cc2ccc(OC(F)(F)F)cc2)nn1Cc1cccc(C(F)(F)CO)c1. The van der Waals surface area contributed by atoms with Crippen LogP contribution in [0.2, 0.25) is 0 Å². The molecule has 0 saturated heterocycles. The van der Waals surface area contributed by atoms with Crippen molar-refractivity contribution in [3.05, 3.63) is 82.7 Å². The minimum absolute atomic E-state index is 0.0186. The van der Waals surface area contributed by atoms with Gasteiger partial charge in [0.15, 0.2) is 5.83 Å². The first kappa shape index (κ1) is 23.4. The Hall–Kier alpha value is -3.27. The first-order valence-electron chi connectivity index (χ1n) is 9.33. The molecule has 2 aromatic carbocycles. The van der Waals surface area contributed by atoms with E-state index in [9.17, 15) is 26.3 Å². The van der Waals surface area contributed by atoms with Gasteiger partial charge in [0.25, 0.3) is 5.92 Å². The molecule has 0 saturated carbocycles. The Morgan fingerprint density at radius 1 is 1.06 bits per heavy atom. The Morgan fingerprint density at radius 3 is 2.38 bits per heavy atom. The van der Waals surface area contributed by atoms with Gasteiger partial charge in [-0.3, -0.25) is 4.68 Å². The van der Waals surface area contributed by atoms with Crippen LogP contribution in [0.5, 0.6) is 5.75 Å². The molecule has 0 radical (unpaired) electrons. The van der Waals surface area contributed by atoms with Gasteiger partial charge in [-0.25, -0.2) is 4.39 Å². The average molecular weight is 456 g/mol. The van der Waals surface area contributed by atoms with E-state index in [1.54, 1.807) is 13.0 Å². The molecule has 0 unspecified atom stereocenters. The summed E-state index contributed by atoms with van der Waals surface area (Å²) in [7, 11) is 0. The number of hydrogen-bond acceptors (Lipinski definition) is 3. The van der Waals surface area contributed by atoms with Gasteiger partial charge in [-0.1, -0.05) is 30.3 Å². The molecule has 0 amide bonds. The molecule has 32 heavy (non-hydrogen) atoms. The monoisotopic (exact) mass is 456 g/mol. The zero-order chi connectivity index (χ0) is 23.5. The number of ether oxygens (including phenoxy) is 1. The molecular weight excluding hydrogens is 438 g/mol. The van der Waals surface area contributed by atoms with E-state index in [1.165, 1.54) is 41.1 Å². The lowest BCUT2D eigenvalue weighted by Gasteiger charge is -2.14. The summed E-state index contributed by atoms with van der Waals surface area (Å²) >= 11 is 0. The predicted octanol–water partition coefficient (Wildman–Crippen LogP) is 5.69. The van der Waals surface area contributed by atoms with Crippen LogP contribution >= 0.6 is 0 Å². The van der Waals surface area contributed by atoms with Gasteiger partial charge < -0.3 is 9.84 Å².